The number of thiol groups is 1. The zero-order chi connectivity index (χ0) is 18.5. The highest BCUT2D eigenvalue weighted by Crippen LogP contribution is 2.30. The molecule has 0 saturated heterocycles. The van der Waals surface area contributed by atoms with Crippen molar-refractivity contribution in [2.45, 2.75) is 19.1 Å². The van der Waals surface area contributed by atoms with Gasteiger partial charge in [0, 0.05) is 11.8 Å². The van der Waals surface area contributed by atoms with Crippen LogP contribution in [0.25, 0.3) is 17.1 Å². The Bertz CT molecular complexity index is 943. The van der Waals surface area contributed by atoms with Crippen molar-refractivity contribution in [3.05, 3.63) is 59.6 Å². The largest absolute Gasteiger partial charge is 0.494 e. The van der Waals surface area contributed by atoms with Gasteiger partial charge >= 0.3 is 0 Å². The van der Waals surface area contributed by atoms with Crippen molar-refractivity contribution < 1.29 is 13.2 Å². The smallest absolute Gasteiger partial charge is 0.155 e. The summed E-state index contributed by atoms with van der Waals surface area (Å²) in [6, 6.07) is 11.1. The lowest BCUT2D eigenvalue weighted by molar-refractivity contribution is 0.317. The van der Waals surface area contributed by atoms with Crippen LogP contribution in [-0.2, 0) is 16.5 Å². The average molecular weight is 392 g/mol. The fourth-order valence-electron chi connectivity index (χ4n) is 2.49. The Labute approximate surface area is 158 Å². The van der Waals surface area contributed by atoms with Gasteiger partial charge in [-0.25, -0.2) is 18.4 Å². The highest BCUT2D eigenvalue weighted by molar-refractivity contribution is 7.71. The van der Waals surface area contributed by atoms with Crippen LogP contribution in [0.2, 0.25) is 5.15 Å². The summed E-state index contributed by atoms with van der Waals surface area (Å²) in [5.74, 6) is 1.38. The molecule has 8 heteroatoms. The maximum atomic E-state index is 10.8. The maximum Gasteiger partial charge on any atom is 0.155 e. The number of hydrogen-bond donors (Lipinski definition) is 1. The molecule has 0 aliphatic heterocycles. The van der Waals surface area contributed by atoms with Crippen molar-refractivity contribution in [2.75, 3.05) is 6.61 Å². The summed E-state index contributed by atoms with van der Waals surface area (Å²) >= 11 is 6.28. The maximum absolute atomic E-state index is 10.8. The van der Waals surface area contributed by atoms with Gasteiger partial charge in [-0.15, -0.1) is 0 Å². The Morgan fingerprint density at radius 2 is 1.88 bits per heavy atom. The molecule has 0 aliphatic carbocycles. The Kier molecular flexibility index (Phi) is 5.90. The van der Waals surface area contributed by atoms with Gasteiger partial charge in [-0.1, -0.05) is 24.6 Å². The number of ether oxygens (including phenoxy) is 1. The topological polar surface area (TPSA) is 74.1 Å². The molecule has 2 aromatic heterocycles. The molecule has 0 N–H and O–H groups in total. The summed E-state index contributed by atoms with van der Waals surface area (Å²) < 4.78 is 29.0. The molecule has 0 bridgehead atoms. The van der Waals surface area contributed by atoms with Crippen molar-refractivity contribution in [3.63, 3.8) is 0 Å². The summed E-state index contributed by atoms with van der Waals surface area (Å²) in [7, 11) is -2.48. The van der Waals surface area contributed by atoms with Gasteiger partial charge in [0.05, 0.1) is 18.1 Å². The number of benzene rings is 1. The van der Waals surface area contributed by atoms with Gasteiger partial charge in [-0.2, -0.15) is 0 Å². The molecule has 26 heavy (non-hydrogen) atoms. The first kappa shape index (κ1) is 18.4. The molecule has 3 aromatic rings. The van der Waals surface area contributed by atoms with Gasteiger partial charge in [0.2, 0.25) is 0 Å². The fraction of sp³-hybridized carbons (Fsp3) is 0.222. The summed E-state index contributed by atoms with van der Waals surface area (Å²) in [6.07, 6.45) is 4.08. The van der Waals surface area contributed by atoms with Crippen LogP contribution in [-0.4, -0.2) is 29.6 Å². The molecule has 6 nitrogen and oxygen atoms in total. The molecule has 2 heterocycles. The van der Waals surface area contributed by atoms with Crippen LogP contribution >= 0.6 is 11.6 Å². The molecule has 0 unspecified atom stereocenters. The van der Waals surface area contributed by atoms with Crippen LogP contribution in [0, 0.1) is 0 Å². The Balaban J connectivity index is 1.91. The van der Waals surface area contributed by atoms with Crippen LogP contribution in [0.1, 0.15) is 18.9 Å². The fourth-order valence-corrected chi connectivity index (χ4v) is 3.22. The third-order valence-corrected chi connectivity index (χ3v) is 4.59. The summed E-state index contributed by atoms with van der Waals surface area (Å²) in [5, 5.41) is 0.362. The first-order valence-corrected chi connectivity index (χ1v) is 9.85. The predicted octanol–water partition coefficient (Wildman–Crippen LogP) is 3.49. The van der Waals surface area contributed by atoms with E-state index < -0.39 is 10.7 Å². The lowest BCUT2D eigenvalue weighted by Crippen LogP contribution is -2.00. The molecule has 0 atom stereocenters. The minimum absolute atomic E-state index is 0.0284. The predicted molar refractivity (Wildman–Crippen MR) is 102 cm³/mol. The van der Waals surface area contributed by atoms with Crippen LogP contribution < -0.4 is 4.74 Å². The number of nitrogens with zero attached hydrogens (tertiary/aromatic N) is 3. The quantitative estimate of drug-likeness (QED) is 0.624. The van der Waals surface area contributed by atoms with E-state index in [2.05, 4.69) is 16.9 Å². The average Bonchev–Trinajstić information content (AvgIpc) is 3.02. The van der Waals surface area contributed by atoms with Crippen molar-refractivity contribution in [2.24, 2.45) is 0 Å². The highest BCUT2D eigenvalue weighted by atomic mass is 35.5. The van der Waals surface area contributed by atoms with Crippen LogP contribution in [0.5, 0.6) is 5.75 Å². The van der Waals surface area contributed by atoms with Crippen molar-refractivity contribution >= 4 is 22.3 Å². The first-order chi connectivity index (χ1) is 12.6. The second kappa shape index (κ2) is 8.33. The molecule has 0 aliphatic rings. The molecule has 0 fully saturated rings. The second-order valence-corrected chi connectivity index (χ2v) is 6.98. The lowest BCUT2D eigenvalue weighted by atomic mass is 10.1. The normalized spacial score (nSPS) is 11.0. The van der Waals surface area contributed by atoms with Crippen LogP contribution in [0.15, 0.2) is 48.9 Å². The minimum atomic E-state index is -2.48. The van der Waals surface area contributed by atoms with E-state index >= 15 is 0 Å². The number of halogens is 1. The van der Waals surface area contributed by atoms with E-state index in [1.54, 1.807) is 29.2 Å². The summed E-state index contributed by atoms with van der Waals surface area (Å²) in [4.78, 5) is 8.50. The van der Waals surface area contributed by atoms with Crippen LogP contribution in [0.3, 0.4) is 0 Å². The van der Waals surface area contributed by atoms with Gasteiger partial charge < -0.3 is 4.74 Å². The van der Waals surface area contributed by atoms with E-state index in [-0.39, 0.29) is 5.75 Å². The third kappa shape index (κ3) is 4.23. The van der Waals surface area contributed by atoms with Crippen molar-refractivity contribution in [1.29, 1.82) is 0 Å². The van der Waals surface area contributed by atoms with Gasteiger partial charge in [-0.05, 0) is 42.3 Å². The number of rotatable bonds is 7. The van der Waals surface area contributed by atoms with E-state index in [0.717, 1.165) is 17.7 Å². The number of imidazole rings is 1. The molecule has 136 valence electrons. The van der Waals surface area contributed by atoms with E-state index in [4.69, 9.17) is 16.3 Å². The number of aromatic nitrogens is 3. The molecule has 3 rings (SSSR count). The lowest BCUT2D eigenvalue weighted by Gasteiger charge is -2.10. The molecule has 0 spiro atoms. The van der Waals surface area contributed by atoms with Crippen molar-refractivity contribution in [1.82, 2.24) is 14.5 Å². The van der Waals surface area contributed by atoms with E-state index in [1.165, 1.54) is 0 Å². The zero-order valence-electron chi connectivity index (χ0n) is 14.1. The molecular weight excluding hydrogens is 374 g/mol. The summed E-state index contributed by atoms with van der Waals surface area (Å²) in [6.45, 7) is 2.73. The first-order valence-electron chi connectivity index (χ1n) is 8.11. The standard InChI is InChI=1S/C18H18ClN3O3S/c1-2-9-25-15-6-4-14(5-7-15)17-18(19)21-12-22(17)16-8-3-13(10-20-16)11-26(23)24/h3-8,10,12,26H,2,9,11H2,1H3. The van der Waals surface area contributed by atoms with Crippen molar-refractivity contribution in [3.8, 4) is 22.8 Å². The molecule has 1 aromatic carbocycles. The van der Waals surface area contributed by atoms with E-state index in [1.807, 2.05) is 24.3 Å². The Morgan fingerprint density at radius 1 is 1.12 bits per heavy atom. The summed E-state index contributed by atoms with van der Waals surface area (Å²) in [5.41, 5.74) is 2.23. The number of pyridine rings is 1. The molecule has 0 amide bonds. The molecule has 0 radical (unpaired) electrons. The van der Waals surface area contributed by atoms with Gasteiger partial charge in [0.1, 0.15) is 28.6 Å². The molecule has 0 saturated carbocycles. The Morgan fingerprint density at radius 3 is 2.50 bits per heavy atom. The van der Waals surface area contributed by atoms with E-state index in [9.17, 15) is 8.42 Å². The number of hydrogen-bond acceptors (Lipinski definition) is 5. The minimum Gasteiger partial charge on any atom is -0.494 e. The van der Waals surface area contributed by atoms with E-state index in [0.29, 0.717) is 28.8 Å². The van der Waals surface area contributed by atoms with Gasteiger partial charge in [0.25, 0.3) is 0 Å². The monoisotopic (exact) mass is 391 g/mol. The third-order valence-electron chi connectivity index (χ3n) is 3.69. The SMILES string of the molecule is CCCOc1ccc(-c2c(Cl)ncn2-c2ccc(C[SH](=O)=O)cn2)cc1. The Hall–Kier alpha value is -2.38. The second-order valence-electron chi connectivity index (χ2n) is 5.64. The van der Waals surface area contributed by atoms with Crippen LogP contribution in [0.4, 0.5) is 0 Å². The van der Waals surface area contributed by atoms with Gasteiger partial charge in [0.15, 0.2) is 5.15 Å². The molecular formula is C18H18ClN3O3S. The van der Waals surface area contributed by atoms with Gasteiger partial charge in [-0.3, -0.25) is 4.57 Å². The zero-order valence-corrected chi connectivity index (χ0v) is 15.8. The highest BCUT2D eigenvalue weighted by Gasteiger charge is 2.14.